The maximum Gasteiger partial charge on any atom is 0.261 e. The summed E-state index contributed by atoms with van der Waals surface area (Å²) in [5, 5.41) is 0.476. The summed E-state index contributed by atoms with van der Waals surface area (Å²) in [6.45, 7) is 2.32. The molecule has 0 fully saturated rings. The van der Waals surface area contributed by atoms with E-state index in [0.717, 1.165) is 0 Å². The van der Waals surface area contributed by atoms with Crippen LogP contribution in [0.25, 0.3) is 0 Å². The second kappa shape index (κ2) is 7.29. The van der Waals surface area contributed by atoms with Crippen molar-refractivity contribution >= 4 is 38.9 Å². The smallest absolute Gasteiger partial charge is 0.261 e. The van der Waals surface area contributed by atoms with Crippen molar-refractivity contribution < 1.29 is 17.9 Å². The fraction of sp³-hybridized carbons (Fsp3) is 0.200. The predicted octanol–water partition coefficient (Wildman–Crippen LogP) is 4.20. The summed E-state index contributed by atoms with van der Waals surface area (Å²) in [4.78, 5) is -0.0251. The Morgan fingerprint density at radius 1 is 1.04 bits per heavy atom. The number of sulfonamides is 1. The quantitative estimate of drug-likeness (QED) is 0.821. The lowest BCUT2D eigenvalue weighted by atomic mass is 10.3. The molecule has 0 aliphatic carbocycles. The number of nitrogens with one attached hydrogen (secondary N) is 1. The molecule has 0 saturated heterocycles. The molecule has 5 nitrogen and oxygen atoms in total. The van der Waals surface area contributed by atoms with Gasteiger partial charge in [-0.25, -0.2) is 8.42 Å². The first-order valence-electron chi connectivity index (χ1n) is 6.65. The lowest BCUT2D eigenvalue weighted by Crippen LogP contribution is -2.13. The van der Waals surface area contributed by atoms with E-state index < -0.39 is 10.0 Å². The Labute approximate surface area is 145 Å². The van der Waals surface area contributed by atoms with Crippen molar-refractivity contribution in [2.24, 2.45) is 0 Å². The molecular formula is C15H15Cl2NO4S. The van der Waals surface area contributed by atoms with Gasteiger partial charge in [0.25, 0.3) is 10.0 Å². The van der Waals surface area contributed by atoms with Crippen LogP contribution in [0.1, 0.15) is 6.92 Å². The van der Waals surface area contributed by atoms with Gasteiger partial charge in [0.2, 0.25) is 0 Å². The Bertz CT molecular complexity index is 789. The maximum absolute atomic E-state index is 12.4. The van der Waals surface area contributed by atoms with Crippen LogP contribution in [-0.4, -0.2) is 22.1 Å². The summed E-state index contributed by atoms with van der Waals surface area (Å²) in [5.41, 5.74) is 0.335. The van der Waals surface area contributed by atoms with Crippen LogP contribution >= 0.6 is 23.2 Å². The Kier molecular flexibility index (Phi) is 5.62. The molecule has 124 valence electrons. The minimum Gasteiger partial charge on any atom is -0.493 e. The number of anilines is 1. The van der Waals surface area contributed by atoms with Crippen LogP contribution in [0.15, 0.2) is 41.3 Å². The molecular weight excluding hydrogens is 361 g/mol. The molecule has 1 N–H and O–H groups in total. The maximum atomic E-state index is 12.4. The van der Waals surface area contributed by atoms with E-state index in [9.17, 15) is 8.42 Å². The average molecular weight is 376 g/mol. The van der Waals surface area contributed by atoms with E-state index in [2.05, 4.69) is 4.72 Å². The normalized spacial score (nSPS) is 11.1. The predicted molar refractivity (Wildman–Crippen MR) is 91.4 cm³/mol. The minimum atomic E-state index is -3.82. The second-order valence-electron chi connectivity index (χ2n) is 4.51. The van der Waals surface area contributed by atoms with Gasteiger partial charge >= 0.3 is 0 Å². The standard InChI is InChI=1S/C15H15Cl2NO4S/c1-3-22-14-5-4-12(9-15(14)21-2)18-23(19,20)13-7-10(16)6-11(17)8-13/h4-9,18H,3H2,1-2H3. The van der Waals surface area contributed by atoms with Crippen LogP contribution in [0.5, 0.6) is 11.5 Å². The van der Waals surface area contributed by atoms with E-state index in [-0.39, 0.29) is 14.9 Å². The molecule has 0 spiro atoms. The van der Waals surface area contributed by atoms with Gasteiger partial charge in [0.15, 0.2) is 11.5 Å². The van der Waals surface area contributed by atoms with Crippen molar-refractivity contribution in [1.82, 2.24) is 0 Å². The first-order valence-corrected chi connectivity index (χ1v) is 8.89. The summed E-state index contributed by atoms with van der Waals surface area (Å²) in [6.07, 6.45) is 0. The Morgan fingerprint density at radius 2 is 1.70 bits per heavy atom. The number of hydrogen-bond acceptors (Lipinski definition) is 4. The van der Waals surface area contributed by atoms with Gasteiger partial charge in [-0.05, 0) is 37.3 Å². The lowest BCUT2D eigenvalue weighted by Gasteiger charge is -2.13. The highest BCUT2D eigenvalue weighted by Crippen LogP contribution is 2.31. The zero-order chi connectivity index (χ0) is 17.0. The number of benzene rings is 2. The van der Waals surface area contributed by atoms with E-state index in [1.165, 1.54) is 31.4 Å². The van der Waals surface area contributed by atoms with Crippen molar-refractivity contribution in [1.29, 1.82) is 0 Å². The number of ether oxygens (including phenoxy) is 2. The Balaban J connectivity index is 2.33. The second-order valence-corrected chi connectivity index (χ2v) is 7.06. The first kappa shape index (κ1) is 17.7. The van der Waals surface area contributed by atoms with Gasteiger partial charge in [-0.15, -0.1) is 0 Å². The van der Waals surface area contributed by atoms with E-state index >= 15 is 0 Å². The van der Waals surface area contributed by atoms with Crippen LogP contribution < -0.4 is 14.2 Å². The average Bonchev–Trinajstić information content (AvgIpc) is 2.47. The van der Waals surface area contributed by atoms with Crippen molar-refractivity contribution in [2.75, 3.05) is 18.4 Å². The highest BCUT2D eigenvalue weighted by Gasteiger charge is 2.17. The fourth-order valence-corrected chi connectivity index (χ4v) is 3.68. The van der Waals surface area contributed by atoms with Gasteiger partial charge < -0.3 is 9.47 Å². The highest BCUT2D eigenvalue weighted by molar-refractivity contribution is 7.92. The molecule has 8 heteroatoms. The minimum absolute atomic E-state index is 0.0251. The van der Waals surface area contributed by atoms with E-state index in [4.69, 9.17) is 32.7 Å². The SMILES string of the molecule is CCOc1ccc(NS(=O)(=O)c2cc(Cl)cc(Cl)c2)cc1OC. The third-order valence-corrected chi connectivity index (χ3v) is 4.66. The molecule has 2 rings (SSSR count). The van der Waals surface area contributed by atoms with Crippen molar-refractivity contribution in [3.63, 3.8) is 0 Å². The van der Waals surface area contributed by atoms with Crippen LogP contribution in [0.2, 0.25) is 10.0 Å². The molecule has 0 amide bonds. The fourth-order valence-electron chi connectivity index (χ4n) is 1.90. The van der Waals surface area contributed by atoms with Gasteiger partial charge in [-0.1, -0.05) is 23.2 Å². The van der Waals surface area contributed by atoms with Crippen molar-refractivity contribution in [3.8, 4) is 11.5 Å². The van der Waals surface area contributed by atoms with E-state index in [1.807, 2.05) is 6.92 Å². The van der Waals surface area contributed by atoms with E-state index in [0.29, 0.717) is 23.8 Å². The van der Waals surface area contributed by atoms with Crippen molar-refractivity contribution in [3.05, 3.63) is 46.4 Å². The van der Waals surface area contributed by atoms with Crippen LogP contribution in [0.3, 0.4) is 0 Å². The van der Waals surface area contributed by atoms with Gasteiger partial charge in [-0.3, -0.25) is 4.72 Å². The summed E-state index contributed by atoms with van der Waals surface area (Å²) in [5.74, 6) is 0.958. The topological polar surface area (TPSA) is 64.6 Å². The van der Waals surface area contributed by atoms with Gasteiger partial charge in [-0.2, -0.15) is 0 Å². The molecule has 0 unspecified atom stereocenters. The number of rotatable bonds is 6. The molecule has 0 radical (unpaired) electrons. The molecule has 0 aromatic heterocycles. The van der Waals surface area contributed by atoms with Gasteiger partial charge in [0.05, 0.1) is 24.3 Å². The first-order chi connectivity index (χ1) is 10.9. The van der Waals surface area contributed by atoms with Crippen LogP contribution in [0, 0.1) is 0 Å². The third kappa shape index (κ3) is 4.43. The number of methoxy groups -OCH3 is 1. The van der Waals surface area contributed by atoms with Crippen LogP contribution in [0.4, 0.5) is 5.69 Å². The summed E-state index contributed by atoms with van der Waals surface area (Å²) < 4.78 is 37.9. The Hall–Kier alpha value is -1.63. The zero-order valence-electron chi connectivity index (χ0n) is 12.5. The summed E-state index contributed by atoms with van der Waals surface area (Å²) in [7, 11) is -2.34. The molecule has 0 saturated carbocycles. The lowest BCUT2D eigenvalue weighted by molar-refractivity contribution is 0.311. The van der Waals surface area contributed by atoms with Gasteiger partial charge in [0.1, 0.15) is 0 Å². The molecule has 0 aliphatic rings. The molecule has 0 heterocycles. The molecule has 0 atom stereocenters. The van der Waals surface area contributed by atoms with Crippen molar-refractivity contribution in [2.45, 2.75) is 11.8 Å². The molecule has 2 aromatic rings. The largest absolute Gasteiger partial charge is 0.493 e. The zero-order valence-corrected chi connectivity index (χ0v) is 14.8. The van der Waals surface area contributed by atoms with Crippen LogP contribution in [-0.2, 0) is 10.0 Å². The molecule has 0 bridgehead atoms. The molecule has 2 aromatic carbocycles. The number of hydrogen-bond donors (Lipinski definition) is 1. The van der Waals surface area contributed by atoms with Gasteiger partial charge in [0, 0.05) is 16.1 Å². The van der Waals surface area contributed by atoms with E-state index in [1.54, 1.807) is 12.1 Å². The number of halogens is 2. The summed E-state index contributed by atoms with van der Waals surface area (Å²) >= 11 is 11.7. The molecule has 23 heavy (non-hydrogen) atoms. The monoisotopic (exact) mass is 375 g/mol. The third-order valence-electron chi connectivity index (χ3n) is 2.86. The summed E-state index contributed by atoms with van der Waals surface area (Å²) in [6, 6.07) is 8.85. The molecule has 0 aliphatic heterocycles. The highest BCUT2D eigenvalue weighted by atomic mass is 35.5. The Morgan fingerprint density at radius 3 is 2.26 bits per heavy atom.